The topological polar surface area (TPSA) is 24.5 Å². The lowest BCUT2D eigenvalue weighted by molar-refractivity contribution is -0.103. The van der Waals surface area contributed by atoms with E-state index in [-0.39, 0.29) is 5.60 Å². The molecule has 0 radical (unpaired) electrons. The summed E-state index contributed by atoms with van der Waals surface area (Å²) < 4.78 is 6.02. The molecule has 4 heteroatoms. The normalized spacial score (nSPS) is 35.6. The van der Waals surface area contributed by atoms with Gasteiger partial charge in [0.25, 0.3) is 0 Å². The minimum atomic E-state index is 0.181. The highest BCUT2D eigenvalue weighted by molar-refractivity contribution is 7.99. The number of thioether (sulfide) groups is 1. The Hall–Kier alpha value is 0.230. The van der Waals surface area contributed by atoms with Crippen LogP contribution in [0.25, 0.3) is 0 Å². The standard InChI is InChI=1S/C12H22N2OS/c1-8-16-9-11(1)14-5-2-12(3-6-14)10-13-4-7-15-12/h11,13H,1-10H2. The number of likely N-dealkylation sites (tertiary alicyclic amines) is 1. The van der Waals surface area contributed by atoms with E-state index < -0.39 is 0 Å². The zero-order valence-corrected chi connectivity index (χ0v) is 10.7. The molecule has 0 saturated carbocycles. The number of hydrogen-bond donors (Lipinski definition) is 1. The van der Waals surface area contributed by atoms with Crippen LogP contribution in [0.4, 0.5) is 0 Å². The summed E-state index contributed by atoms with van der Waals surface area (Å²) in [5, 5.41) is 3.48. The van der Waals surface area contributed by atoms with Gasteiger partial charge in [0.05, 0.1) is 12.2 Å². The van der Waals surface area contributed by atoms with E-state index in [9.17, 15) is 0 Å². The first kappa shape index (κ1) is 11.3. The summed E-state index contributed by atoms with van der Waals surface area (Å²) in [5.74, 6) is 2.72. The van der Waals surface area contributed by atoms with Crippen LogP contribution in [0.15, 0.2) is 0 Å². The van der Waals surface area contributed by atoms with Gasteiger partial charge < -0.3 is 10.1 Å². The van der Waals surface area contributed by atoms with Crippen molar-refractivity contribution in [3.8, 4) is 0 Å². The number of piperidine rings is 1. The Bertz CT molecular complexity index is 227. The molecule has 1 spiro atoms. The molecule has 3 nitrogen and oxygen atoms in total. The highest BCUT2D eigenvalue weighted by Gasteiger charge is 2.38. The van der Waals surface area contributed by atoms with Gasteiger partial charge in [-0.15, -0.1) is 0 Å². The Morgan fingerprint density at radius 3 is 2.81 bits per heavy atom. The molecule has 1 N–H and O–H groups in total. The van der Waals surface area contributed by atoms with Crippen molar-refractivity contribution in [3.05, 3.63) is 0 Å². The van der Waals surface area contributed by atoms with Gasteiger partial charge in [-0.25, -0.2) is 0 Å². The molecule has 3 aliphatic rings. The molecule has 3 fully saturated rings. The summed E-state index contributed by atoms with van der Waals surface area (Å²) in [5.41, 5.74) is 0.181. The second kappa shape index (κ2) is 4.84. The molecule has 1 unspecified atom stereocenters. The van der Waals surface area contributed by atoms with E-state index in [1.807, 2.05) is 0 Å². The fourth-order valence-corrected chi connectivity index (χ4v) is 4.39. The van der Waals surface area contributed by atoms with Crippen molar-refractivity contribution in [2.45, 2.75) is 30.9 Å². The predicted molar refractivity (Wildman–Crippen MR) is 68.1 cm³/mol. The third kappa shape index (κ3) is 2.26. The number of ether oxygens (including phenoxy) is 1. The highest BCUT2D eigenvalue weighted by Crippen LogP contribution is 2.31. The molecule has 0 aromatic rings. The maximum Gasteiger partial charge on any atom is 0.0831 e. The van der Waals surface area contributed by atoms with Gasteiger partial charge in [-0.05, 0) is 25.0 Å². The van der Waals surface area contributed by atoms with Crippen LogP contribution < -0.4 is 5.32 Å². The lowest BCUT2D eigenvalue weighted by atomic mass is 9.89. The van der Waals surface area contributed by atoms with Gasteiger partial charge in [-0.1, -0.05) is 0 Å². The van der Waals surface area contributed by atoms with Crippen LogP contribution >= 0.6 is 11.8 Å². The van der Waals surface area contributed by atoms with Crippen LogP contribution in [0.5, 0.6) is 0 Å². The molecule has 0 aliphatic carbocycles. The molecular formula is C12H22N2OS. The van der Waals surface area contributed by atoms with Crippen molar-refractivity contribution in [2.24, 2.45) is 0 Å². The Balaban J connectivity index is 1.54. The van der Waals surface area contributed by atoms with Crippen molar-refractivity contribution in [1.29, 1.82) is 0 Å². The van der Waals surface area contributed by atoms with Crippen LogP contribution in [0.3, 0.4) is 0 Å². The Labute approximate surface area is 102 Å². The van der Waals surface area contributed by atoms with Crippen molar-refractivity contribution in [2.75, 3.05) is 44.3 Å². The number of rotatable bonds is 1. The first-order valence-electron chi connectivity index (χ1n) is 6.55. The molecule has 1 atom stereocenters. The molecule has 0 aromatic carbocycles. The van der Waals surface area contributed by atoms with Crippen molar-refractivity contribution in [1.82, 2.24) is 10.2 Å². The van der Waals surface area contributed by atoms with Gasteiger partial charge in [0, 0.05) is 38.0 Å². The van der Waals surface area contributed by atoms with E-state index in [2.05, 4.69) is 22.0 Å². The third-order valence-electron chi connectivity index (χ3n) is 4.27. The molecule has 3 heterocycles. The highest BCUT2D eigenvalue weighted by atomic mass is 32.2. The van der Waals surface area contributed by atoms with Gasteiger partial charge in [0.1, 0.15) is 0 Å². The predicted octanol–water partition coefficient (Wildman–Crippen LogP) is 0.946. The van der Waals surface area contributed by atoms with Crippen LogP contribution in [-0.2, 0) is 4.74 Å². The van der Waals surface area contributed by atoms with Crippen LogP contribution in [0.1, 0.15) is 19.3 Å². The van der Waals surface area contributed by atoms with E-state index in [4.69, 9.17) is 4.74 Å². The zero-order chi connectivity index (χ0) is 10.8. The summed E-state index contributed by atoms with van der Waals surface area (Å²) in [4.78, 5) is 2.70. The lowest BCUT2D eigenvalue weighted by Crippen LogP contribution is -2.57. The van der Waals surface area contributed by atoms with Crippen LogP contribution in [0.2, 0.25) is 0 Å². The van der Waals surface area contributed by atoms with Crippen molar-refractivity contribution >= 4 is 11.8 Å². The van der Waals surface area contributed by atoms with Crippen molar-refractivity contribution < 1.29 is 4.74 Å². The average molecular weight is 242 g/mol. The van der Waals surface area contributed by atoms with E-state index >= 15 is 0 Å². The molecule has 0 amide bonds. The lowest BCUT2D eigenvalue weighted by Gasteiger charge is -2.45. The molecule has 92 valence electrons. The minimum Gasteiger partial charge on any atom is -0.372 e. The molecule has 0 bridgehead atoms. The Morgan fingerprint density at radius 1 is 1.31 bits per heavy atom. The number of nitrogens with zero attached hydrogens (tertiary/aromatic N) is 1. The SMILES string of the molecule is C1COC2(CCN(C3CCSC3)CC2)CN1. The summed E-state index contributed by atoms with van der Waals surface area (Å²) in [7, 11) is 0. The van der Waals surface area contributed by atoms with Crippen LogP contribution in [0, 0.1) is 0 Å². The summed E-state index contributed by atoms with van der Waals surface area (Å²) >= 11 is 2.12. The number of morpholine rings is 1. The van der Waals surface area contributed by atoms with Gasteiger partial charge in [0.15, 0.2) is 0 Å². The first-order valence-corrected chi connectivity index (χ1v) is 7.70. The van der Waals surface area contributed by atoms with Crippen molar-refractivity contribution in [3.63, 3.8) is 0 Å². The van der Waals surface area contributed by atoms with Gasteiger partial charge in [-0.3, -0.25) is 4.90 Å². The zero-order valence-electron chi connectivity index (χ0n) is 9.91. The molecule has 3 aliphatic heterocycles. The molecule has 16 heavy (non-hydrogen) atoms. The quantitative estimate of drug-likeness (QED) is 0.740. The molecule has 3 saturated heterocycles. The second-order valence-electron chi connectivity index (χ2n) is 5.26. The summed E-state index contributed by atoms with van der Waals surface area (Å²) in [6.45, 7) is 5.49. The van der Waals surface area contributed by atoms with E-state index in [1.54, 1.807) is 0 Å². The Morgan fingerprint density at radius 2 is 2.19 bits per heavy atom. The second-order valence-corrected chi connectivity index (χ2v) is 6.41. The molecule has 0 aromatic heterocycles. The smallest absolute Gasteiger partial charge is 0.0831 e. The average Bonchev–Trinajstić information content (AvgIpc) is 2.85. The minimum absolute atomic E-state index is 0.181. The summed E-state index contributed by atoms with van der Waals surface area (Å²) in [6, 6.07) is 0.860. The molecule has 3 rings (SSSR count). The third-order valence-corrected chi connectivity index (χ3v) is 5.41. The molecular weight excluding hydrogens is 220 g/mol. The van der Waals surface area contributed by atoms with Gasteiger partial charge in [0.2, 0.25) is 0 Å². The van der Waals surface area contributed by atoms with E-state index in [1.165, 1.54) is 43.9 Å². The van der Waals surface area contributed by atoms with Gasteiger partial charge >= 0.3 is 0 Å². The first-order chi connectivity index (χ1) is 7.88. The fraction of sp³-hybridized carbons (Fsp3) is 1.00. The van der Waals surface area contributed by atoms with E-state index in [0.717, 1.165) is 25.7 Å². The van der Waals surface area contributed by atoms with E-state index in [0.29, 0.717) is 0 Å². The summed E-state index contributed by atoms with van der Waals surface area (Å²) in [6.07, 6.45) is 3.85. The Kier molecular flexibility index (Phi) is 3.43. The maximum atomic E-state index is 6.02. The van der Waals surface area contributed by atoms with Gasteiger partial charge in [-0.2, -0.15) is 11.8 Å². The monoisotopic (exact) mass is 242 g/mol. The van der Waals surface area contributed by atoms with Crippen LogP contribution in [-0.4, -0.2) is 60.8 Å². The largest absolute Gasteiger partial charge is 0.372 e. The fourth-order valence-electron chi connectivity index (χ4n) is 3.13. The number of nitrogens with one attached hydrogen (secondary N) is 1. The maximum absolute atomic E-state index is 6.02. The number of hydrogen-bond acceptors (Lipinski definition) is 4.